The number of hydrogen-bond donors (Lipinski definition) is 2. The molecule has 2 N–H and O–H groups in total. The number of nitrogens with zero attached hydrogens (tertiary/aromatic N) is 8. The molecule has 10 aromatic rings. The van der Waals surface area contributed by atoms with E-state index >= 15 is 0 Å². The van der Waals surface area contributed by atoms with Crippen LogP contribution in [0.1, 0.15) is 87.7 Å². The van der Waals surface area contributed by atoms with Crippen LogP contribution < -0.4 is 0 Å². The van der Waals surface area contributed by atoms with Gasteiger partial charge in [0.05, 0.1) is 92.8 Å². The second kappa shape index (κ2) is 19.6. The minimum Gasteiger partial charge on any atom is -0.386 e. The molecule has 8 heterocycles. The molecular weight excluding hydrogens is 935 g/mol. The molecule has 2 saturated heterocycles. The number of halogens is 2. The maximum Gasteiger partial charge on any atom is 0.123 e. The molecule has 2 aliphatic heterocycles. The third-order valence-corrected chi connectivity index (χ3v) is 15.3. The van der Waals surface area contributed by atoms with Crippen LogP contribution in [0.5, 0.6) is 0 Å². The molecule has 2 unspecified atom stereocenters. The summed E-state index contributed by atoms with van der Waals surface area (Å²) >= 11 is 0. The average molecular weight is 997 g/mol. The summed E-state index contributed by atoms with van der Waals surface area (Å²) in [5.41, 5.74) is 11.5. The highest BCUT2D eigenvalue weighted by atomic mass is 19.1. The number of hydrogen-bond acceptors (Lipinski definition) is 8. The molecule has 0 saturated carbocycles. The first kappa shape index (κ1) is 49.1. The van der Waals surface area contributed by atoms with Gasteiger partial charge in [-0.2, -0.15) is 0 Å². The van der Waals surface area contributed by atoms with Gasteiger partial charge < -0.3 is 38.0 Å². The predicted octanol–water partition coefficient (Wildman–Crippen LogP) is 11.9. The van der Waals surface area contributed by atoms with Crippen LogP contribution >= 0.6 is 0 Å². The van der Waals surface area contributed by atoms with Gasteiger partial charge in [-0.15, -0.1) is 0 Å². The van der Waals surface area contributed by atoms with Crippen molar-refractivity contribution < 1.29 is 28.5 Å². The fourth-order valence-electron chi connectivity index (χ4n) is 11.4. The van der Waals surface area contributed by atoms with Gasteiger partial charge in [-0.25, -0.2) is 18.7 Å². The fourth-order valence-corrected chi connectivity index (χ4v) is 11.4. The quantitative estimate of drug-likeness (QED) is 0.139. The zero-order valence-corrected chi connectivity index (χ0v) is 42.7. The molecule has 6 aromatic heterocycles. The second-order valence-electron chi connectivity index (χ2n) is 21.2. The molecule has 380 valence electrons. The van der Waals surface area contributed by atoms with Crippen molar-refractivity contribution in [2.24, 2.45) is 25.9 Å². The van der Waals surface area contributed by atoms with Crippen molar-refractivity contribution in [1.82, 2.24) is 38.2 Å². The van der Waals surface area contributed by atoms with Gasteiger partial charge in [-0.1, -0.05) is 48.5 Å². The summed E-state index contributed by atoms with van der Waals surface area (Å²) in [4.78, 5) is 18.5. The van der Waals surface area contributed by atoms with Gasteiger partial charge in [-0.05, 0) is 136 Å². The largest absolute Gasteiger partial charge is 0.386 e. The molecule has 2 atom stereocenters. The summed E-state index contributed by atoms with van der Waals surface area (Å²) < 4.78 is 48.1. The summed E-state index contributed by atoms with van der Waals surface area (Å²) in [7, 11) is 3.95. The number of ether oxygens (including phenoxy) is 2. The van der Waals surface area contributed by atoms with E-state index in [1.807, 2.05) is 84.4 Å². The van der Waals surface area contributed by atoms with E-state index in [0.717, 1.165) is 114 Å². The highest BCUT2D eigenvalue weighted by molar-refractivity contribution is 6.08. The van der Waals surface area contributed by atoms with Gasteiger partial charge in [0.1, 0.15) is 11.6 Å². The number of aliphatic hydroxyl groups is 2. The van der Waals surface area contributed by atoms with E-state index in [1.54, 1.807) is 40.3 Å². The van der Waals surface area contributed by atoms with Crippen molar-refractivity contribution in [3.63, 3.8) is 0 Å². The number of rotatable bonds is 10. The maximum absolute atomic E-state index is 14.0. The van der Waals surface area contributed by atoms with Crippen LogP contribution in [0.4, 0.5) is 8.78 Å². The van der Waals surface area contributed by atoms with Crippen molar-refractivity contribution in [3.8, 4) is 22.5 Å². The third-order valence-electron chi connectivity index (χ3n) is 15.3. The minimum atomic E-state index is -0.993. The van der Waals surface area contributed by atoms with E-state index in [-0.39, 0.29) is 23.7 Å². The Hall–Kier alpha value is -7.10. The van der Waals surface area contributed by atoms with Crippen molar-refractivity contribution in [2.75, 3.05) is 26.4 Å². The summed E-state index contributed by atoms with van der Waals surface area (Å²) in [5, 5.41) is 23.8. The molecule has 0 bridgehead atoms. The number of aryl methyl sites for hydroxylation is 2. The van der Waals surface area contributed by atoms with E-state index in [1.165, 1.54) is 24.3 Å². The standard InChI is InChI=1S/2C30H31FN4O2/c2*1-30(2,36)22-6-9-24-25(15-22)35(26-14-21(16-33-28(24)26)27-17-32-18-34(27)3)29(20-10-12-37-13-11-20)19-4-7-23(31)8-5-19/h2*4-9,14-18,20,29,36H,10-13H2,1-3H3. The number of benzene rings is 4. The first-order chi connectivity index (χ1) is 35.6. The molecular formula is C60H62F2N8O4. The van der Waals surface area contributed by atoms with Crippen molar-refractivity contribution in [3.05, 3.63) is 168 Å². The Bertz CT molecular complexity index is 3390. The van der Waals surface area contributed by atoms with E-state index < -0.39 is 11.2 Å². The predicted molar refractivity (Wildman–Crippen MR) is 286 cm³/mol. The smallest absolute Gasteiger partial charge is 0.123 e. The number of fused-ring (bicyclic) bond motifs is 6. The monoisotopic (exact) mass is 996 g/mol. The van der Waals surface area contributed by atoms with Gasteiger partial charge in [0.15, 0.2) is 0 Å². The Balaban J connectivity index is 0.000000159. The lowest BCUT2D eigenvalue weighted by Gasteiger charge is -2.33. The second-order valence-corrected chi connectivity index (χ2v) is 21.2. The summed E-state index contributed by atoms with van der Waals surface area (Å²) in [6.45, 7) is 10.0. The summed E-state index contributed by atoms with van der Waals surface area (Å²) in [5.74, 6) is 0.0932. The van der Waals surface area contributed by atoms with Crippen LogP contribution in [0.2, 0.25) is 0 Å². The maximum atomic E-state index is 14.0. The molecule has 14 heteroatoms. The Labute approximate surface area is 428 Å². The van der Waals surface area contributed by atoms with E-state index in [2.05, 4.69) is 55.5 Å². The van der Waals surface area contributed by atoms with Crippen LogP contribution in [0.25, 0.3) is 66.4 Å². The van der Waals surface area contributed by atoms with Crippen LogP contribution in [0.15, 0.2) is 135 Å². The molecule has 12 rings (SSSR count). The van der Waals surface area contributed by atoms with Crippen LogP contribution in [-0.4, -0.2) is 74.8 Å². The Morgan fingerprint density at radius 2 is 0.892 bits per heavy atom. The van der Waals surface area contributed by atoms with Gasteiger partial charge >= 0.3 is 0 Å². The molecule has 0 spiro atoms. The molecule has 2 aliphatic rings. The van der Waals surface area contributed by atoms with E-state index in [4.69, 9.17) is 19.4 Å². The number of imidazole rings is 2. The molecule has 0 aliphatic carbocycles. The fraction of sp³-hybridized carbons (Fsp3) is 0.333. The first-order valence-corrected chi connectivity index (χ1v) is 25.6. The zero-order chi connectivity index (χ0) is 51.5. The normalized spacial score (nSPS) is 16.0. The Morgan fingerprint density at radius 1 is 0.514 bits per heavy atom. The molecule has 74 heavy (non-hydrogen) atoms. The molecule has 0 amide bonds. The lowest BCUT2D eigenvalue weighted by molar-refractivity contribution is 0.0551. The van der Waals surface area contributed by atoms with Crippen LogP contribution in [0, 0.1) is 23.5 Å². The highest BCUT2D eigenvalue weighted by Gasteiger charge is 2.33. The van der Waals surface area contributed by atoms with E-state index in [9.17, 15) is 19.0 Å². The third kappa shape index (κ3) is 9.29. The minimum absolute atomic E-state index is 0.0508. The summed E-state index contributed by atoms with van der Waals surface area (Å²) in [6, 6.07) is 30.2. The molecule has 2 fully saturated rings. The average Bonchev–Trinajstić information content (AvgIpc) is 4.18. The number of aromatic nitrogens is 8. The van der Waals surface area contributed by atoms with Gasteiger partial charge in [0.25, 0.3) is 0 Å². The number of pyridine rings is 2. The van der Waals surface area contributed by atoms with Gasteiger partial charge in [0, 0.05) is 74.8 Å². The van der Waals surface area contributed by atoms with Crippen molar-refractivity contribution >= 4 is 43.9 Å². The van der Waals surface area contributed by atoms with Crippen molar-refractivity contribution in [1.29, 1.82) is 0 Å². The van der Waals surface area contributed by atoms with Crippen molar-refractivity contribution in [2.45, 2.75) is 76.7 Å². The SMILES string of the molecule is Cn1cncc1-c1cnc2c3ccc(C(C)(C)O)cc3n(C(c3ccc(F)cc3)C3CCOCC3)c2c1.Cn1cncc1-c1cnc2c3ccc(C(C)(C)O)cc3n(C(c3ccc(F)cc3)C3CCOCC3)c2c1. The van der Waals surface area contributed by atoms with Gasteiger partial charge in [-0.3, -0.25) is 9.97 Å². The molecule has 0 radical (unpaired) electrons. The summed E-state index contributed by atoms with van der Waals surface area (Å²) in [6.07, 6.45) is 14.7. The molecule has 4 aromatic carbocycles. The Kier molecular flexibility index (Phi) is 13.0. The lowest BCUT2D eigenvalue weighted by Crippen LogP contribution is -2.27. The first-order valence-electron chi connectivity index (χ1n) is 25.6. The van der Waals surface area contributed by atoms with Crippen LogP contribution in [0.3, 0.4) is 0 Å². The zero-order valence-electron chi connectivity index (χ0n) is 42.7. The lowest BCUT2D eigenvalue weighted by atomic mass is 9.86. The van der Waals surface area contributed by atoms with Crippen LogP contribution in [-0.2, 0) is 34.8 Å². The highest BCUT2D eigenvalue weighted by Crippen LogP contribution is 2.44. The van der Waals surface area contributed by atoms with Gasteiger partial charge in [0.2, 0.25) is 0 Å². The van der Waals surface area contributed by atoms with E-state index in [0.29, 0.717) is 38.3 Å². The molecule has 12 nitrogen and oxygen atoms in total. The Morgan fingerprint density at radius 3 is 1.23 bits per heavy atom. The topological polar surface area (TPSA) is 130 Å².